The highest BCUT2D eigenvalue weighted by atomic mass is 32.2. The van der Waals surface area contributed by atoms with Gasteiger partial charge in [0.25, 0.3) is 0 Å². The van der Waals surface area contributed by atoms with Crippen LogP contribution < -0.4 is 5.32 Å². The van der Waals surface area contributed by atoms with Crippen LogP contribution in [-0.2, 0) is 10.8 Å². The number of hydrogen-bond donors (Lipinski definition) is 1. The first-order valence-corrected chi connectivity index (χ1v) is 3.86. The van der Waals surface area contributed by atoms with Gasteiger partial charge < -0.3 is 5.32 Å². The van der Waals surface area contributed by atoms with Crippen LogP contribution in [-0.4, -0.2) is 21.9 Å². The monoisotopic (exact) mass is 119 g/mol. The Labute approximate surface area is 45.8 Å². The van der Waals surface area contributed by atoms with Gasteiger partial charge in [0.15, 0.2) is 0 Å². The Balaban J connectivity index is 2.40. The predicted octanol–water partition coefficient (Wildman–Crippen LogP) is -0.316. The standard InChI is InChI=1S/C4H9NOS/c1-4-2-7(6)3-5-4/h4-5H,2-3H2,1H3. The Morgan fingerprint density at radius 2 is 2.57 bits per heavy atom. The molecular weight excluding hydrogens is 110 g/mol. The van der Waals surface area contributed by atoms with Crippen molar-refractivity contribution in [1.29, 1.82) is 0 Å². The summed E-state index contributed by atoms with van der Waals surface area (Å²) in [4.78, 5) is 0. The van der Waals surface area contributed by atoms with Crippen molar-refractivity contribution in [1.82, 2.24) is 5.32 Å². The molecule has 0 spiro atoms. The summed E-state index contributed by atoms with van der Waals surface area (Å²) in [5.74, 6) is 1.53. The van der Waals surface area contributed by atoms with E-state index in [0.717, 1.165) is 5.75 Å². The molecular formula is C4H9NOS. The zero-order valence-corrected chi connectivity index (χ0v) is 5.12. The summed E-state index contributed by atoms with van der Waals surface area (Å²) >= 11 is 0. The number of hydrogen-bond acceptors (Lipinski definition) is 2. The van der Waals surface area contributed by atoms with E-state index in [1.807, 2.05) is 6.92 Å². The molecule has 0 aromatic rings. The molecule has 0 aliphatic carbocycles. The van der Waals surface area contributed by atoms with Crippen LogP contribution in [0.4, 0.5) is 0 Å². The van der Waals surface area contributed by atoms with Crippen LogP contribution in [0, 0.1) is 0 Å². The zero-order valence-electron chi connectivity index (χ0n) is 4.31. The highest BCUT2D eigenvalue weighted by molar-refractivity contribution is 7.85. The molecule has 2 nitrogen and oxygen atoms in total. The number of nitrogens with one attached hydrogen (secondary N) is 1. The average molecular weight is 119 g/mol. The molecule has 1 aliphatic rings. The maximum absolute atomic E-state index is 10.5. The van der Waals surface area contributed by atoms with Gasteiger partial charge in [0.1, 0.15) is 0 Å². The van der Waals surface area contributed by atoms with E-state index in [0.29, 0.717) is 11.9 Å². The molecule has 1 aliphatic heterocycles. The van der Waals surface area contributed by atoms with Crippen LogP contribution in [0.1, 0.15) is 6.92 Å². The molecule has 1 heterocycles. The van der Waals surface area contributed by atoms with Crippen LogP contribution >= 0.6 is 0 Å². The second-order valence-electron chi connectivity index (χ2n) is 1.86. The molecule has 1 N–H and O–H groups in total. The first kappa shape index (κ1) is 5.25. The summed E-state index contributed by atoms with van der Waals surface area (Å²) in [7, 11) is -0.564. The SMILES string of the molecule is CC1CS(=O)CN1. The van der Waals surface area contributed by atoms with Gasteiger partial charge in [0, 0.05) is 22.6 Å². The molecule has 42 valence electrons. The van der Waals surface area contributed by atoms with Crippen LogP contribution in [0.5, 0.6) is 0 Å². The van der Waals surface area contributed by atoms with E-state index < -0.39 is 10.8 Å². The molecule has 0 aromatic carbocycles. The van der Waals surface area contributed by atoms with Crippen LogP contribution in [0.2, 0.25) is 0 Å². The van der Waals surface area contributed by atoms with Gasteiger partial charge in [-0.1, -0.05) is 0 Å². The molecule has 0 amide bonds. The minimum Gasteiger partial charge on any atom is -0.302 e. The van der Waals surface area contributed by atoms with E-state index in [1.165, 1.54) is 0 Å². The maximum Gasteiger partial charge on any atom is 0.0725 e. The topological polar surface area (TPSA) is 29.1 Å². The van der Waals surface area contributed by atoms with Crippen molar-refractivity contribution >= 4 is 10.8 Å². The van der Waals surface area contributed by atoms with E-state index in [2.05, 4.69) is 5.32 Å². The van der Waals surface area contributed by atoms with E-state index in [1.54, 1.807) is 0 Å². The van der Waals surface area contributed by atoms with Gasteiger partial charge in [-0.05, 0) is 6.92 Å². The van der Waals surface area contributed by atoms with Crippen LogP contribution in [0.15, 0.2) is 0 Å². The summed E-state index contributed by atoms with van der Waals surface area (Å²) in [6, 6.07) is 0.473. The van der Waals surface area contributed by atoms with Crippen LogP contribution in [0.3, 0.4) is 0 Å². The zero-order chi connectivity index (χ0) is 5.28. The third-order valence-corrected chi connectivity index (χ3v) is 2.39. The van der Waals surface area contributed by atoms with Crippen LogP contribution in [0.25, 0.3) is 0 Å². The fourth-order valence-electron chi connectivity index (χ4n) is 0.632. The van der Waals surface area contributed by atoms with Gasteiger partial charge >= 0.3 is 0 Å². The average Bonchev–Trinajstić information content (AvgIpc) is 1.87. The highest BCUT2D eigenvalue weighted by Crippen LogP contribution is 1.94. The molecule has 2 unspecified atom stereocenters. The Kier molecular flexibility index (Phi) is 1.44. The molecule has 0 bridgehead atoms. The quantitative estimate of drug-likeness (QED) is 0.473. The molecule has 3 heteroatoms. The third-order valence-electron chi connectivity index (χ3n) is 1.03. The van der Waals surface area contributed by atoms with Gasteiger partial charge in [0.05, 0.1) is 5.88 Å². The molecule has 1 fully saturated rings. The van der Waals surface area contributed by atoms with Crippen molar-refractivity contribution in [3.63, 3.8) is 0 Å². The molecule has 1 saturated heterocycles. The van der Waals surface area contributed by atoms with Crippen molar-refractivity contribution in [2.24, 2.45) is 0 Å². The lowest BCUT2D eigenvalue weighted by Gasteiger charge is -1.92. The normalized spacial score (nSPS) is 41.9. The molecule has 0 radical (unpaired) electrons. The van der Waals surface area contributed by atoms with Gasteiger partial charge in [-0.15, -0.1) is 0 Å². The van der Waals surface area contributed by atoms with Gasteiger partial charge in [0.2, 0.25) is 0 Å². The smallest absolute Gasteiger partial charge is 0.0725 e. The van der Waals surface area contributed by atoms with E-state index in [9.17, 15) is 4.21 Å². The predicted molar refractivity (Wildman–Crippen MR) is 30.5 cm³/mol. The van der Waals surface area contributed by atoms with Crippen molar-refractivity contribution < 1.29 is 4.21 Å². The Morgan fingerprint density at radius 1 is 1.86 bits per heavy atom. The van der Waals surface area contributed by atoms with Crippen molar-refractivity contribution in [2.45, 2.75) is 13.0 Å². The largest absolute Gasteiger partial charge is 0.302 e. The van der Waals surface area contributed by atoms with E-state index >= 15 is 0 Å². The fourth-order valence-corrected chi connectivity index (χ4v) is 1.90. The second-order valence-corrected chi connectivity index (χ2v) is 3.36. The Hall–Kier alpha value is 0.110. The van der Waals surface area contributed by atoms with E-state index in [4.69, 9.17) is 0 Å². The Bertz CT molecular complexity index is 93.7. The summed E-state index contributed by atoms with van der Waals surface area (Å²) in [6.07, 6.45) is 0. The van der Waals surface area contributed by atoms with Crippen molar-refractivity contribution in [2.75, 3.05) is 11.6 Å². The minimum absolute atomic E-state index is 0.473. The molecule has 0 saturated carbocycles. The second kappa shape index (κ2) is 1.92. The van der Waals surface area contributed by atoms with Crippen molar-refractivity contribution in [3.05, 3.63) is 0 Å². The maximum atomic E-state index is 10.5. The summed E-state index contributed by atoms with van der Waals surface area (Å²) in [5, 5.41) is 3.07. The van der Waals surface area contributed by atoms with Gasteiger partial charge in [-0.25, -0.2) is 0 Å². The summed E-state index contributed by atoms with van der Waals surface area (Å²) in [6.45, 7) is 2.05. The summed E-state index contributed by atoms with van der Waals surface area (Å²) in [5.41, 5.74) is 0. The third kappa shape index (κ3) is 1.24. The van der Waals surface area contributed by atoms with Gasteiger partial charge in [-0.2, -0.15) is 0 Å². The lowest BCUT2D eigenvalue weighted by molar-refractivity contribution is 0.686. The minimum atomic E-state index is -0.564. The Morgan fingerprint density at radius 3 is 2.71 bits per heavy atom. The first-order valence-electron chi connectivity index (χ1n) is 2.37. The van der Waals surface area contributed by atoms with Crippen molar-refractivity contribution in [3.8, 4) is 0 Å². The lowest BCUT2D eigenvalue weighted by Crippen LogP contribution is -2.18. The molecule has 0 aromatic heterocycles. The molecule has 1 rings (SSSR count). The summed E-state index contributed by atoms with van der Waals surface area (Å²) < 4.78 is 10.5. The van der Waals surface area contributed by atoms with Gasteiger partial charge in [-0.3, -0.25) is 4.21 Å². The molecule has 7 heavy (non-hydrogen) atoms. The fraction of sp³-hybridized carbons (Fsp3) is 1.00. The lowest BCUT2D eigenvalue weighted by atomic mass is 10.4. The first-order chi connectivity index (χ1) is 3.29. The highest BCUT2D eigenvalue weighted by Gasteiger charge is 2.13. The van der Waals surface area contributed by atoms with E-state index in [-0.39, 0.29) is 0 Å². The molecule has 2 atom stereocenters. The number of rotatable bonds is 0.